The van der Waals surface area contributed by atoms with Gasteiger partial charge in [-0.1, -0.05) is 31.5 Å². The van der Waals surface area contributed by atoms with Crippen LogP contribution in [0.15, 0.2) is 30.3 Å². The molecule has 0 radical (unpaired) electrons. The standard InChI is InChI=1S/C20H26ClN5O/c1-14(2)13-22-20(27)18-12-19(24-15(3)23-18)26-9-7-25(8-10-26)17-6-4-5-16(21)11-17/h4-6,11-12,14H,7-10,13H2,1-3H3,(H,22,27). The van der Waals surface area contributed by atoms with E-state index in [1.165, 1.54) is 0 Å². The summed E-state index contributed by atoms with van der Waals surface area (Å²) in [5, 5.41) is 3.67. The highest BCUT2D eigenvalue weighted by atomic mass is 35.5. The van der Waals surface area contributed by atoms with Crippen LogP contribution in [0.2, 0.25) is 5.02 Å². The number of hydrogen-bond acceptors (Lipinski definition) is 5. The molecule has 0 aliphatic carbocycles. The number of hydrogen-bond donors (Lipinski definition) is 1. The Hall–Kier alpha value is -2.34. The van der Waals surface area contributed by atoms with Crippen LogP contribution in [0.3, 0.4) is 0 Å². The summed E-state index contributed by atoms with van der Waals surface area (Å²) < 4.78 is 0. The quantitative estimate of drug-likeness (QED) is 0.853. The molecule has 0 bridgehead atoms. The minimum atomic E-state index is -0.145. The second kappa shape index (κ2) is 8.57. The number of nitrogens with zero attached hydrogens (tertiary/aromatic N) is 4. The summed E-state index contributed by atoms with van der Waals surface area (Å²) in [7, 11) is 0. The van der Waals surface area contributed by atoms with Crippen molar-refractivity contribution in [2.45, 2.75) is 20.8 Å². The van der Waals surface area contributed by atoms with E-state index < -0.39 is 0 Å². The molecule has 1 aromatic carbocycles. The number of benzene rings is 1. The maximum atomic E-state index is 12.4. The zero-order chi connectivity index (χ0) is 19.4. The van der Waals surface area contributed by atoms with Gasteiger partial charge in [0.1, 0.15) is 17.3 Å². The first kappa shape index (κ1) is 19.4. The Morgan fingerprint density at radius 1 is 1.15 bits per heavy atom. The van der Waals surface area contributed by atoms with E-state index in [0.717, 1.165) is 42.7 Å². The Kier molecular flexibility index (Phi) is 6.16. The predicted molar refractivity (Wildman–Crippen MR) is 110 cm³/mol. The second-order valence-electron chi connectivity index (χ2n) is 7.22. The molecule has 3 rings (SSSR count). The Bertz CT molecular complexity index is 803. The maximum absolute atomic E-state index is 12.4. The van der Waals surface area contributed by atoms with Gasteiger partial charge >= 0.3 is 0 Å². The third-order valence-corrected chi connectivity index (χ3v) is 4.74. The number of carbonyl (C=O) groups is 1. The molecule has 1 N–H and O–H groups in total. The normalized spacial score (nSPS) is 14.6. The summed E-state index contributed by atoms with van der Waals surface area (Å²) in [6.07, 6.45) is 0. The largest absolute Gasteiger partial charge is 0.368 e. The first-order valence-corrected chi connectivity index (χ1v) is 9.69. The molecule has 1 fully saturated rings. The molecule has 1 aliphatic heterocycles. The molecule has 1 saturated heterocycles. The molecule has 1 amide bonds. The number of piperazine rings is 1. The van der Waals surface area contributed by atoms with E-state index in [1.807, 2.05) is 25.1 Å². The summed E-state index contributed by atoms with van der Waals surface area (Å²) in [5.41, 5.74) is 1.56. The molecule has 6 nitrogen and oxygen atoms in total. The first-order valence-electron chi connectivity index (χ1n) is 9.31. The topological polar surface area (TPSA) is 61.4 Å². The maximum Gasteiger partial charge on any atom is 0.270 e. The van der Waals surface area contributed by atoms with Crippen molar-refractivity contribution in [3.05, 3.63) is 46.9 Å². The zero-order valence-corrected chi connectivity index (χ0v) is 16.8. The van der Waals surface area contributed by atoms with Crippen LogP contribution < -0.4 is 15.1 Å². The molecule has 0 saturated carbocycles. The lowest BCUT2D eigenvalue weighted by molar-refractivity contribution is 0.0943. The molecular formula is C20H26ClN5O. The summed E-state index contributed by atoms with van der Waals surface area (Å²) in [6.45, 7) is 10.00. The van der Waals surface area contributed by atoms with Gasteiger partial charge < -0.3 is 15.1 Å². The lowest BCUT2D eigenvalue weighted by atomic mass is 10.2. The van der Waals surface area contributed by atoms with Crippen molar-refractivity contribution in [2.24, 2.45) is 5.92 Å². The van der Waals surface area contributed by atoms with Crippen molar-refractivity contribution < 1.29 is 4.79 Å². The van der Waals surface area contributed by atoms with Crippen molar-refractivity contribution in [1.82, 2.24) is 15.3 Å². The van der Waals surface area contributed by atoms with Gasteiger partial charge in [-0.15, -0.1) is 0 Å². The van der Waals surface area contributed by atoms with Crippen LogP contribution in [0.25, 0.3) is 0 Å². The van der Waals surface area contributed by atoms with Crippen molar-refractivity contribution in [1.29, 1.82) is 0 Å². The van der Waals surface area contributed by atoms with Crippen molar-refractivity contribution in [2.75, 3.05) is 42.5 Å². The smallest absolute Gasteiger partial charge is 0.270 e. The van der Waals surface area contributed by atoms with Crippen LogP contribution in [0, 0.1) is 12.8 Å². The highest BCUT2D eigenvalue weighted by Crippen LogP contribution is 2.22. The van der Waals surface area contributed by atoms with Crippen LogP contribution in [0.4, 0.5) is 11.5 Å². The third kappa shape index (κ3) is 5.10. The van der Waals surface area contributed by atoms with Gasteiger partial charge in [0.25, 0.3) is 5.91 Å². The van der Waals surface area contributed by atoms with Gasteiger partial charge in [-0.05, 0) is 31.0 Å². The number of nitrogens with one attached hydrogen (secondary N) is 1. The predicted octanol–water partition coefficient (Wildman–Crippen LogP) is 3.15. The summed E-state index contributed by atoms with van der Waals surface area (Å²) >= 11 is 6.11. The van der Waals surface area contributed by atoms with Crippen LogP contribution in [-0.2, 0) is 0 Å². The van der Waals surface area contributed by atoms with Crippen molar-refractivity contribution in [3.63, 3.8) is 0 Å². The molecular weight excluding hydrogens is 362 g/mol. The molecule has 7 heteroatoms. The molecule has 144 valence electrons. The van der Waals surface area contributed by atoms with Crippen LogP contribution >= 0.6 is 11.6 Å². The van der Waals surface area contributed by atoms with Crippen LogP contribution in [0.1, 0.15) is 30.2 Å². The number of anilines is 2. The number of halogens is 1. The summed E-state index contributed by atoms with van der Waals surface area (Å²) in [5.74, 6) is 1.67. The Morgan fingerprint density at radius 3 is 2.52 bits per heavy atom. The summed E-state index contributed by atoms with van der Waals surface area (Å²) in [4.78, 5) is 25.7. The Morgan fingerprint density at radius 2 is 1.85 bits per heavy atom. The van der Waals surface area contributed by atoms with E-state index in [4.69, 9.17) is 11.6 Å². The van der Waals surface area contributed by atoms with Crippen molar-refractivity contribution in [3.8, 4) is 0 Å². The van der Waals surface area contributed by atoms with Gasteiger partial charge in [-0.25, -0.2) is 9.97 Å². The number of amides is 1. The molecule has 0 unspecified atom stereocenters. The zero-order valence-electron chi connectivity index (χ0n) is 16.1. The van der Waals surface area contributed by atoms with E-state index in [2.05, 4.69) is 45.0 Å². The number of aromatic nitrogens is 2. The Labute approximate surface area is 165 Å². The lowest BCUT2D eigenvalue weighted by Gasteiger charge is -2.36. The molecule has 2 aromatic rings. The van der Waals surface area contributed by atoms with Crippen LogP contribution in [0.5, 0.6) is 0 Å². The monoisotopic (exact) mass is 387 g/mol. The van der Waals surface area contributed by atoms with Gasteiger partial charge in [-0.2, -0.15) is 0 Å². The fourth-order valence-electron chi connectivity index (χ4n) is 3.08. The molecule has 2 heterocycles. The average Bonchev–Trinajstić information content (AvgIpc) is 2.65. The van der Waals surface area contributed by atoms with Gasteiger partial charge in [0.15, 0.2) is 0 Å². The molecule has 27 heavy (non-hydrogen) atoms. The van der Waals surface area contributed by atoms with Crippen LogP contribution in [-0.4, -0.2) is 48.6 Å². The summed E-state index contributed by atoms with van der Waals surface area (Å²) in [6, 6.07) is 9.71. The Balaban J connectivity index is 1.68. The number of rotatable bonds is 5. The van der Waals surface area contributed by atoms with E-state index in [0.29, 0.717) is 24.0 Å². The molecule has 1 aliphatic rings. The van der Waals surface area contributed by atoms with Gasteiger partial charge in [0.2, 0.25) is 0 Å². The lowest BCUT2D eigenvalue weighted by Crippen LogP contribution is -2.47. The minimum Gasteiger partial charge on any atom is -0.368 e. The molecule has 0 spiro atoms. The van der Waals surface area contributed by atoms with E-state index in [1.54, 1.807) is 6.07 Å². The highest BCUT2D eigenvalue weighted by Gasteiger charge is 2.20. The van der Waals surface area contributed by atoms with E-state index in [9.17, 15) is 4.79 Å². The minimum absolute atomic E-state index is 0.145. The third-order valence-electron chi connectivity index (χ3n) is 4.50. The fourth-order valence-corrected chi connectivity index (χ4v) is 3.27. The van der Waals surface area contributed by atoms with E-state index in [-0.39, 0.29) is 5.91 Å². The van der Waals surface area contributed by atoms with Crippen molar-refractivity contribution >= 4 is 29.0 Å². The second-order valence-corrected chi connectivity index (χ2v) is 7.65. The molecule has 1 aromatic heterocycles. The fraction of sp³-hybridized carbons (Fsp3) is 0.450. The SMILES string of the molecule is Cc1nc(C(=O)NCC(C)C)cc(N2CCN(c3cccc(Cl)c3)CC2)n1. The van der Waals surface area contributed by atoms with Gasteiger partial charge in [0, 0.05) is 49.5 Å². The number of aryl methyl sites for hydroxylation is 1. The molecule has 0 atom stereocenters. The van der Waals surface area contributed by atoms with Gasteiger partial charge in [0.05, 0.1) is 0 Å². The van der Waals surface area contributed by atoms with Gasteiger partial charge in [-0.3, -0.25) is 4.79 Å². The van der Waals surface area contributed by atoms with E-state index >= 15 is 0 Å². The average molecular weight is 388 g/mol. The number of carbonyl (C=O) groups excluding carboxylic acids is 1. The highest BCUT2D eigenvalue weighted by molar-refractivity contribution is 6.30. The first-order chi connectivity index (χ1) is 12.9.